The van der Waals surface area contributed by atoms with E-state index in [0.717, 1.165) is 21.3 Å². The molecule has 100 valence electrons. The zero-order valence-corrected chi connectivity index (χ0v) is 12.0. The minimum Gasteiger partial charge on any atom is -0.489 e. The Morgan fingerprint density at radius 2 is 1.95 bits per heavy atom. The van der Waals surface area contributed by atoms with E-state index in [4.69, 9.17) is 4.74 Å². The molecule has 0 radical (unpaired) electrons. The molecular formula is C14H11BrN4O. The molecule has 0 fully saturated rings. The lowest BCUT2D eigenvalue weighted by atomic mass is 10.1. The van der Waals surface area contributed by atoms with Gasteiger partial charge in [0.25, 0.3) is 0 Å². The number of hydrogen-bond donors (Lipinski definition) is 1. The maximum absolute atomic E-state index is 5.73. The highest BCUT2D eigenvalue weighted by Crippen LogP contribution is 2.19. The van der Waals surface area contributed by atoms with Crippen LogP contribution in [0.3, 0.4) is 0 Å². The fourth-order valence-corrected chi connectivity index (χ4v) is 2.05. The number of benzene rings is 2. The van der Waals surface area contributed by atoms with Crippen LogP contribution in [0.1, 0.15) is 5.56 Å². The summed E-state index contributed by atoms with van der Waals surface area (Å²) < 4.78 is 6.77. The second-order valence-corrected chi connectivity index (χ2v) is 5.09. The first-order valence-corrected chi connectivity index (χ1v) is 6.82. The number of ether oxygens (including phenoxy) is 1. The molecule has 0 aliphatic rings. The van der Waals surface area contributed by atoms with Crippen molar-refractivity contribution in [3.8, 4) is 17.1 Å². The van der Waals surface area contributed by atoms with Gasteiger partial charge in [-0.3, -0.25) is 0 Å². The minimum absolute atomic E-state index is 0.493. The molecule has 1 aromatic heterocycles. The standard InChI is InChI=1S/C14H11BrN4O/c15-12-4-6-13(7-5-12)20-9-10-2-1-3-11(8-10)14-16-18-19-17-14/h1-8H,9H2,(H,16,17,18,19). The Bertz CT molecular complexity index is 683. The number of nitrogens with zero attached hydrogens (tertiary/aromatic N) is 3. The average molecular weight is 331 g/mol. The van der Waals surface area contributed by atoms with Crippen molar-refractivity contribution >= 4 is 15.9 Å². The maximum atomic E-state index is 5.73. The molecule has 0 aliphatic heterocycles. The number of aromatic nitrogens is 4. The van der Waals surface area contributed by atoms with Crippen LogP contribution in [0.4, 0.5) is 0 Å². The quantitative estimate of drug-likeness (QED) is 0.797. The first-order chi connectivity index (χ1) is 9.81. The summed E-state index contributed by atoms with van der Waals surface area (Å²) in [5, 5.41) is 13.9. The second kappa shape index (κ2) is 5.83. The van der Waals surface area contributed by atoms with Crippen molar-refractivity contribution in [3.05, 3.63) is 58.6 Å². The van der Waals surface area contributed by atoms with E-state index in [1.54, 1.807) is 0 Å². The summed E-state index contributed by atoms with van der Waals surface area (Å²) in [6.07, 6.45) is 0. The molecule has 0 unspecified atom stereocenters. The molecule has 0 bridgehead atoms. The molecule has 2 aromatic carbocycles. The summed E-state index contributed by atoms with van der Waals surface area (Å²) in [6.45, 7) is 0.493. The van der Waals surface area contributed by atoms with Crippen molar-refractivity contribution in [1.82, 2.24) is 20.6 Å². The molecule has 0 aliphatic carbocycles. The summed E-state index contributed by atoms with van der Waals surface area (Å²) >= 11 is 3.39. The van der Waals surface area contributed by atoms with Crippen LogP contribution >= 0.6 is 15.9 Å². The molecule has 3 aromatic rings. The Morgan fingerprint density at radius 1 is 1.10 bits per heavy atom. The molecule has 1 heterocycles. The lowest BCUT2D eigenvalue weighted by Crippen LogP contribution is -1.95. The van der Waals surface area contributed by atoms with Crippen LogP contribution in [0.15, 0.2) is 53.0 Å². The highest BCUT2D eigenvalue weighted by atomic mass is 79.9. The molecule has 0 saturated heterocycles. The number of rotatable bonds is 4. The first-order valence-electron chi connectivity index (χ1n) is 6.02. The largest absolute Gasteiger partial charge is 0.489 e. The molecule has 0 atom stereocenters. The predicted molar refractivity (Wildman–Crippen MR) is 78.1 cm³/mol. The van der Waals surface area contributed by atoms with Crippen LogP contribution in [0.2, 0.25) is 0 Å². The van der Waals surface area contributed by atoms with Gasteiger partial charge in [0.05, 0.1) is 0 Å². The summed E-state index contributed by atoms with van der Waals surface area (Å²) in [5.41, 5.74) is 1.96. The smallest absolute Gasteiger partial charge is 0.204 e. The SMILES string of the molecule is Brc1ccc(OCc2cccc(-c3nn[nH]n3)c2)cc1. The Kier molecular flexibility index (Phi) is 3.73. The van der Waals surface area contributed by atoms with E-state index in [0.29, 0.717) is 12.4 Å². The molecular weight excluding hydrogens is 320 g/mol. The number of halogens is 1. The zero-order valence-electron chi connectivity index (χ0n) is 10.5. The van der Waals surface area contributed by atoms with Crippen LogP contribution in [0.5, 0.6) is 5.75 Å². The number of nitrogens with one attached hydrogen (secondary N) is 1. The minimum atomic E-state index is 0.493. The highest BCUT2D eigenvalue weighted by Gasteiger charge is 2.04. The van der Waals surface area contributed by atoms with Gasteiger partial charge in [-0.1, -0.05) is 34.1 Å². The van der Waals surface area contributed by atoms with Gasteiger partial charge in [-0.05, 0) is 41.1 Å². The summed E-state index contributed by atoms with van der Waals surface area (Å²) in [5.74, 6) is 1.41. The second-order valence-electron chi connectivity index (χ2n) is 4.18. The van der Waals surface area contributed by atoms with Gasteiger partial charge in [-0.15, -0.1) is 10.2 Å². The van der Waals surface area contributed by atoms with Crippen LogP contribution in [-0.4, -0.2) is 20.6 Å². The van der Waals surface area contributed by atoms with E-state index in [2.05, 4.69) is 36.6 Å². The van der Waals surface area contributed by atoms with E-state index in [1.807, 2.05) is 48.5 Å². The molecule has 5 nitrogen and oxygen atoms in total. The predicted octanol–water partition coefficient (Wildman–Crippen LogP) is 3.21. The highest BCUT2D eigenvalue weighted by molar-refractivity contribution is 9.10. The van der Waals surface area contributed by atoms with Gasteiger partial charge in [0.1, 0.15) is 12.4 Å². The lowest BCUT2D eigenvalue weighted by Gasteiger charge is -2.07. The normalized spacial score (nSPS) is 10.4. The first kappa shape index (κ1) is 12.8. The molecule has 3 rings (SSSR count). The molecule has 0 spiro atoms. The third-order valence-corrected chi connectivity index (χ3v) is 3.28. The molecule has 1 N–H and O–H groups in total. The Hall–Kier alpha value is -2.21. The van der Waals surface area contributed by atoms with Crippen molar-refractivity contribution in [2.45, 2.75) is 6.61 Å². The third-order valence-electron chi connectivity index (χ3n) is 2.75. The number of H-pyrrole nitrogens is 1. The summed E-state index contributed by atoms with van der Waals surface area (Å²) in [6, 6.07) is 15.6. The van der Waals surface area contributed by atoms with Crippen LogP contribution in [-0.2, 0) is 6.61 Å². The third kappa shape index (κ3) is 3.03. The van der Waals surface area contributed by atoms with Gasteiger partial charge < -0.3 is 4.74 Å². The topological polar surface area (TPSA) is 63.7 Å². The van der Waals surface area contributed by atoms with Crippen molar-refractivity contribution in [1.29, 1.82) is 0 Å². The van der Waals surface area contributed by atoms with Crippen molar-refractivity contribution in [2.24, 2.45) is 0 Å². The number of hydrogen-bond acceptors (Lipinski definition) is 4. The van der Waals surface area contributed by atoms with Crippen molar-refractivity contribution in [3.63, 3.8) is 0 Å². The average Bonchev–Trinajstić information content (AvgIpc) is 3.01. The number of tetrazole rings is 1. The van der Waals surface area contributed by atoms with Gasteiger partial charge in [-0.25, -0.2) is 0 Å². The van der Waals surface area contributed by atoms with E-state index < -0.39 is 0 Å². The monoisotopic (exact) mass is 330 g/mol. The van der Waals surface area contributed by atoms with Gasteiger partial charge in [0.15, 0.2) is 0 Å². The Balaban J connectivity index is 1.72. The van der Waals surface area contributed by atoms with Gasteiger partial charge >= 0.3 is 0 Å². The zero-order chi connectivity index (χ0) is 13.8. The molecule has 0 amide bonds. The summed E-state index contributed by atoms with van der Waals surface area (Å²) in [4.78, 5) is 0. The van der Waals surface area contributed by atoms with Gasteiger partial charge in [-0.2, -0.15) is 5.21 Å². The lowest BCUT2D eigenvalue weighted by molar-refractivity contribution is 0.306. The van der Waals surface area contributed by atoms with E-state index >= 15 is 0 Å². The van der Waals surface area contributed by atoms with Gasteiger partial charge in [0.2, 0.25) is 5.82 Å². The van der Waals surface area contributed by atoms with E-state index in [9.17, 15) is 0 Å². The van der Waals surface area contributed by atoms with Crippen molar-refractivity contribution < 1.29 is 4.74 Å². The molecule has 0 saturated carbocycles. The van der Waals surface area contributed by atoms with E-state index in [-0.39, 0.29) is 0 Å². The van der Waals surface area contributed by atoms with Crippen molar-refractivity contribution in [2.75, 3.05) is 0 Å². The fourth-order valence-electron chi connectivity index (χ4n) is 1.78. The molecule has 20 heavy (non-hydrogen) atoms. The summed E-state index contributed by atoms with van der Waals surface area (Å²) in [7, 11) is 0. The van der Waals surface area contributed by atoms with Crippen LogP contribution in [0.25, 0.3) is 11.4 Å². The number of aromatic amines is 1. The maximum Gasteiger partial charge on any atom is 0.204 e. The van der Waals surface area contributed by atoms with Crippen LogP contribution < -0.4 is 4.74 Å². The Morgan fingerprint density at radius 3 is 2.70 bits per heavy atom. The molecule has 6 heteroatoms. The van der Waals surface area contributed by atoms with Gasteiger partial charge in [0, 0.05) is 10.0 Å². The Labute approximate surface area is 124 Å². The van der Waals surface area contributed by atoms with Crippen LogP contribution in [0, 0.1) is 0 Å². The fraction of sp³-hybridized carbons (Fsp3) is 0.0714. The van der Waals surface area contributed by atoms with E-state index in [1.165, 1.54) is 0 Å².